The predicted molar refractivity (Wildman–Crippen MR) is 116 cm³/mol. The highest BCUT2D eigenvalue weighted by atomic mass is 32.2. The van der Waals surface area contributed by atoms with Crippen LogP contribution in [0.25, 0.3) is 11.1 Å². The highest BCUT2D eigenvalue weighted by molar-refractivity contribution is 7.91. The quantitative estimate of drug-likeness (QED) is 0.547. The van der Waals surface area contributed by atoms with Gasteiger partial charge in [-0.1, -0.05) is 24.3 Å². The molecule has 0 aliphatic carbocycles. The number of nitrogens with zero attached hydrogens (tertiary/aromatic N) is 2. The molecule has 0 bridgehead atoms. The molecule has 4 rings (SSSR count). The maximum Gasteiger partial charge on any atom is 0.419 e. The van der Waals surface area contributed by atoms with Crippen LogP contribution in [0.5, 0.6) is 5.75 Å². The Bertz CT molecular complexity index is 1160. The number of hydrogen-bond donors (Lipinski definition) is 0. The van der Waals surface area contributed by atoms with Crippen molar-refractivity contribution in [3.63, 3.8) is 0 Å². The lowest BCUT2D eigenvalue weighted by atomic mass is 10.1. The summed E-state index contributed by atoms with van der Waals surface area (Å²) in [6.07, 6.45) is 1.36. The number of ether oxygens (including phenoxy) is 1. The number of rotatable bonds is 8. The first-order valence-corrected chi connectivity index (χ1v) is 11.9. The Morgan fingerprint density at radius 1 is 1.17 bits per heavy atom. The van der Waals surface area contributed by atoms with Crippen molar-refractivity contribution in [1.29, 1.82) is 0 Å². The van der Waals surface area contributed by atoms with Gasteiger partial charge in [-0.3, -0.25) is 9.47 Å². The third-order valence-corrected chi connectivity index (χ3v) is 7.42. The molecule has 0 spiro atoms. The molecular weight excluding hydrogens is 404 g/mol. The lowest BCUT2D eigenvalue weighted by Gasteiger charge is -2.28. The first-order chi connectivity index (χ1) is 14.4. The Labute approximate surface area is 175 Å². The molecule has 1 fully saturated rings. The van der Waals surface area contributed by atoms with Gasteiger partial charge < -0.3 is 9.15 Å². The molecule has 2 aromatic carbocycles. The van der Waals surface area contributed by atoms with Crippen molar-refractivity contribution in [2.45, 2.75) is 32.0 Å². The fourth-order valence-corrected chi connectivity index (χ4v) is 5.84. The largest absolute Gasteiger partial charge is 0.497 e. The van der Waals surface area contributed by atoms with Crippen LogP contribution in [-0.2, 0) is 22.9 Å². The monoisotopic (exact) mass is 430 g/mol. The summed E-state index contributed by atoms with van der Waals surface area (Å²) in [4.78, 5) is 14.4. The Morgan fingerprint density at radius 3 is 2.63 bits per heavy atom. The molecule has 1 aliphatic rings. The molecule has 1 atom stereocenters. The van der Waals surface area contributed by atoms with Crippen LogP contribution in [0.4, 0.5) is 0 Å². The first kappa shape index (κ1) is 20.7. The van der Waals surface area contributed by atoms with E-state index in [-0.39, 0.29) is 23.3 Å². The van der Waals surface area contributed by atoms with E-state index in [1.54, 1.807) is 17.7 Å². The van der Waals surface area contributed by atoms with E-state index in [1.165, 1.54) is 0 Å². The SMILES string of the molecule is COc1ccc(CN(CCCn2c(=O)oc3ccccc32)C2CCS(=O)(=O)C2)cc1. The van der Waals surface area contributed by atoms with E-state index < -0.39 is 9.84 Å². The smallest absolute Gasteiger partial charge is 0.419 e. The zero-order valence-electron chi connectivity index (χ0n) is 17.0. The van der Waals surface area contributed by atoms with Gasteiger partial charge in [0.05, 0.1) is 24.1 Å². The fourth-order valence-electron chi connectivity index (χ4n) is 4.08. The fraction of sp³-hybridized carbons (Fsp3) is 0.409. The number of oxazole rings is 1. The van der Waals surface area contributed by atoms with Gasteiger partial charge in [0.25, 0.3) is 0 Å². The number of hydrogen-bond acceptors (Lipinski definition) is 6. The van der Waals surface area contributed by atoms with Crippen molar-refractivity contribution in [3.8, 4) is 5.75 Å². The minimum Gasteiger partial charge on any atom is -0.497 e. The topological polar surface area (TPSA) is 81.8 Å². The van der Waals surface area contributed by atoms with Crippen molar-refractivity contribution in [2.75, 3.05) is 25.2 Å². The number of para-hydroxylation sites is 2. The van der Waals surface area contributed by atoms with Gasteiger partial charge >= 0.3 is 5.76 Å². The molecule has 1 aromatic heterocycles. The van der Waals surface area contributed by atoms with Gasteiger partial charge in [0, 0.05) is 25.7 Å². The summed E-state index contributed by atoms with van der Waals surface area (Å²) in [6, 6.07) is 15.2. The minimum absolute atomic E-state index is 0.00471. The Morgan fingerprint density at radius 2 is 1.93 bits per heavy atom. The van der Waals surface area contributed by atoms with Gasteiger partial charge in [-0.15, -0.1) is 0 Å². The molecule has 1 unspecified atom stereocenters. The van der Waals surface area contributed by atoms with Gasteiger partial charge in [-0.05, 0) is 42.7 Å². The normalized spacial score (nSPS) is 18.3. The lowest BCUT2D eigenvalue weighted by Crippen LogP contribution is -2.37. The molecule has 1 aliphatic heterocycles. The maximum atomic E-state index is 12.2. The van der Waals surface area contributed by atoms with Crippen LogP contribution in [0.15, 0.2) is 57.7 Å². The molecule has 3 aromatic rings. The van der Waals surface area contributed by atoms with E-state index >= 15 is 0 Å². The van der Waals surface area contributed by atoms with Crippen LogP contribution in [0.1, 0.15) is 18.4 Å². The molecule has 30 heavy (non-hydrogen) atoms. The lowest BCUT2D eigenvalue weighted by molar-refractivity contribution is 0.197. The summed E-state index contributed by atoms with van der Waals surface area (Å²) in [5, 5.41) is 0. The van der Waals surface area contributed by atoms with E-state index in [0.717, 1.165) is 23.3 Å². The van der Waals surface area contributed by atoms with E-state index in [9.17, 15) is 13.2 Å². The van der Waals surface area contributed by atoms with Gasteiger partial charge in [0.1, 0.15) is 5.75 Å². The molecule has 2 heterocycles. The minimum atomic E-state index is -2.98. The number of aromatic nitrogens is 1. The number of benzene rings is 2. The Kier molecular flexibility index (Phi) is 5.97. The molecule has 7 nitrogen and oxygen atoms in total. The third-order valence-electron chi connectivity index (χ3n) is 5.67. The summed E-state index contributed by atoms with van der Waals surface area (Å²) in [5.74, 6) is 0.863. The Hall–Kier alpha value is -2.58. The standard InChI is InChI=1S/C22H26N2O5S/c1-28-19-9-7-17(8-10-19)15-23(18-11-14-30(26,27)16-18)12-4-13-24-20-5-2-3-6-21(20)29-22(24)25/h2-3,5-10,18H,4,11-16H2,1H3. The second kappa shape index (κ2) is 8.65. The van der Waals surface area contributed by atoms with E-state index in [4.69, 9.17) is 9.15 Å². The van der Waals surface area contributed by atoms with Gasteiger partial charge in [0.15, 0.2) is 15.4 Å². The molecule has 0 N–H and O–H groups in total. The first-order valence-electron chi connectivity index (χ1n) is 10.1. The van der Waals surface area contributed by atoms with Crippen molar-refractivity contribution in [2.24, 2.45) is 0 Å². The number of sulfone groups is 1. The average molecular weight is 431 g/mol. The van der Waals surface area contributed by atoms with Crippen molar-refractivity contribution >= 4 is 20.9 Å². The average Bonchev–Trinajstić information content (AvgIpc) is 3.26. The van der Waals surface area contributed by atoms with Gasteiger partial charge in [-0.25, -0.2) is 13.2 Å². The zero-order valence-corrected chi connectivity index (χ0v) is 17.8. The van der Waals surface area contributed by atoms with Crippen molar-refractivity contribution in [1.82, 2.24) is 9.47 Å². The number of aryl methyl sites for hydroxylation is 1. The molecule has 1 saturated heterocycles. The molecule has 160 valence electrons. The summed E-state index contributed by atoms with van der Waals surface area (Å²) in [5.41, 5.74) is 2.47. The van der Waals surface area contributed by atoms with E-state index in [0.29, 0.717) is 31.6 Å². The molecule has 0 amide bonds. The van der Waals surface area contributed by atoms with Crippen LogP contribution < -0.4 is 10.5 Å². The second-order valence-corrected chi connectivity index (χ2v) is 9.95. The number of methoxy groups -OCH3 is 1. The highest BCUT2D eigenvalue weighted by Crippen LogP contribution is 2.22. The van der Waals surface area contributed by atoms with E-state index in [2.05, 4.69) is 4.90 Å². The zero-order chi connectivity index (χ0) is 21.1. The van der Waals surface area contributed by atoms with Gasteiger partial charge in [-0.2, -0.15) is 0 Å². The van der Waals surface area contributed by atoms with Crippen molar-refractivity contribution < 1.29 is 17.6 Å². The molecular formula is C22H26N2O5S. The number of fused-ring (bicyclic) bond motifs is 1. The summed E-state index contributed by atoms with van der Waals surface area (Å²) in [6.45, 7) is 1.87. The van der Waals surface area contributed by atoms with Crippen LogP contribution >= 0.6 is 0 Å². The highest BCUT2D eigenvalue weighted by Gasteiger charge is 2.32. The molecule has 0 radical (unpaired) electrons. The summed E-state index contributed by atoms with van der Waals surface area (Å²) in [7, 11) is -1.35. The second-order valence-electron chi connectivity index (χ2n) is 7.72. The summed E-state index contributed by atoms with van der Waals surface area (Å²) < 4.78 is 36.2. The molecule has 8 heteroatoms. The van der Waals surface area contributed by atoms with Crippen LogP contribution in [-0.4, -0.2) is 49.1 Å². The van der Waals surface area contributed by atoms with Crippen LogP contribution in [0.3, 0.4) is 0 Å². The van der Waals surface area contributed by atoms with E-state index in [1.807, 2.05) is 42.5 Å². The van der Waals surface area contributed by atoms with Crippen LogP contribution in [0, 0.1) is 0 Å². The predicted octanol–water partition coefficient (Wildman–Crippen LogP) is 2.68. The third kappa shape index (κ3) is 4.60. The molecule has 0 saturated carbocycles. The maximum absolute atomic E-state index is 12.2. The van der Waals surface area contributed by atoms with Crippen molar-refractivity contribution in [3.05, 3.63) is 64.6 Å². The van der Waals surface area contributed by atoms with Crippen LogP contribution in [0.2, 0.25) is 0 Å². The van der Waals surface area contributed by atoms with Gasteiger partial charge in [0.2, 0.25) is 0 Å². The Balaban J connectivity index is 1.47. The summed E-state index contributed by atoms with van der Waals surface area (Å²) >= 11 is 0.